The zero-order chi connectivity index (χ0) is 16.1. The van der Waals surface area contributed by atoms with Gasteiger partial charge in [-0.3, -0.25) is 0 Å². The van der Waals surface area contributed by atoms with Crippen molar-refractivity contribution in [1.82, 2.24) is 4.98 Å². The van der Waals surface area contributed by atoms with Crippen LogP contribution in [0.15, 0.2) is 29.6 Å². The van der Waals surface area contributed by atoms with E-state index in [-0.39, 0.29) is 17.9 Å². The lowest BCUT2D eigenvalue weighted by Crippen LogP contribution is -2.19. The molecule has 5 heteroatoms. The average molecular weight is 320 g/mol. The first kappa shape index (κ1) is 16.8. The predicted octanol–water partition coefficient (Wildman–Crippen LogP) is 3.66. The summed E-state index contributed by atoms with van der Waals surface area (Å²) in [4.78, 5) is 4.41. The van der Waals surface area contributed by atoms with Crippen LogP contribution in [0.3, 0.4) is 0 Å². The maximum Gasteiger partial charge on any atom is 0.180 e. The highest BCUT2D eigenvalue weighted by molar-refractivity contribution is 7.13. The second-order valence-corrected chi connectivity index (χ2v) is 6.60. The van der Waals surface area contributed by atoms with E-state index in [1.165, 1.54) is 11.3 Å². The van der Waals surface area contributed by atoms with Gasteiger partial charge in [-0.05, 0) is 37.0 Å². The summed E-state index contributed by atoms with van der Waals surface area (Å²) in [6.07, 6.45) is 0.258. The third-order valence-corrected chi connectivity index (χ3v) is 4.43. The van der Waals surface area contributed by atoms with Crippen LogP contribution in [0.25, 0.3) is 0 Å². The van der Waals surface area contributed by atoms with Gasteiger partial charge in [0.15, 0.2) is 5.13 Å². The molecule has 0 spiro atoms. The van der Waals surface area contributed by atoms with Gasteiger partial charge < -0.3 is 15.6 Å². The molecular weight excluding hydrogens is 296 g/mol. The van der Waals surface area contributed by atoms with Crippen molar-refractivity contribution in [1.29, 1.82) is 0 Å². The van der Waals surface area contributed by atoms with Crippen LogP contribution in [0, 0.1) is 5.92 Å². The molecule has 3 N–H and O–H groups in total. The molecule has 1 aromatic heterocycles. The van der Waals surface area contributed by atoms with E-state index in [0.717, 1.165) is 17.0 Å². The zero-order valence-electron chi connectivity index (χ0n) is 13.3. The summed E-state index contributed by atoms with van der Waals surface area (Å²) in [5.41, 5.74) is 7.82. The SMILES string of the molecule is CCOc1ccc(C(CC(O)C(C)C)c2csc(N)n2)cc1. The zero-order valence-corrected chi connectivity index (χ0v) is 14.1. The van der Waals surface area contributed by atoms with Gasteiger partial charge in [0.1, 0.15) is 5.75 Å². The third-order valence-electron chi connectivity index (χ3n) is 3.74. The third kappa shape index (κ3) is 4.21. The molecule has 2 aromatic rings. The van der Waals surface area contributed by atoms with E-state index in [0.29, 0.717) is 18.2 Å². The number of thiazole rings is 1. The lowest BCUT2D eigenvalue weighted by Gasteiger charge is -2.22. The molecule has 0 amide bonds. The smallest absolute Gasteiger partial charge is 0.180 e. The van der Waals surface area contributed by atoms with Crippen LogP contribution >= 0.6 is 11.3 Å². The molecule has 1 aromatic carbocycles. The summed E-state index contributed by atoms with van der Waals surface area (Å²) >= 11 is 1.43. The minimum Gasteiger partial charge on any atom is -0.494 e. The normalized spacial score (nSPS) is 14.0. The molecule has 0 aliphatic rings. The quantitative estimate of drug-likeness (QED) is 0.817. The summed E-state index contributed by atoms with van der Waals surface area (Å²) in [7, 11) is 0. The second-order valence-electron chi connectivity index (χ2n) is 5.71. The first-order valence-electron chi connectivity index (χ1n) is 7.63. The molecule has 2 unspecified atom stereocenters. The highest BCUT2D eigenvalue weighted by Crippen LogP contribution is 2.33. The Bertz CT molecular complexity index is 581. The molecule has 0 bridgehead atoms. The van der Waals surface area contributed by atoms with E-state index < -0.39 is 0 Å². The van der Waals surface area contributed by atoms with Crippen molar-refractivity contribution in [2.45, 2.75) is 39.2 Å². The summed E-state index contributed by atoms with van der Waals surface area (Å²) in [6.45, 7) is 6.66. The number of nitrogens with zero attached hydrogens (tertiary/aromatic N) is 1. The first-order valence-corrected chi connectivity index (χ1v) is 8.51. The number of aliphatic hydroxyl groups excluding tert-OH is 1. The molecule has 2 atom stereocenters. The molecule has 0 saturated heterocycles. The van der Waals surface area contributed by atoms with Crippen molar-refractivity contribution in [3.8, 4) is 5.75 Å². The van der Waals surface area contributed by atoms with Crippen molar-refractivity contribution in [2.24, 2.45) is 5.92 Å². The van der Waals surface area contributed by atoms with Crippen molar-refractivity contribution in [3.05, 3.63) is 40.9 Å². The maximum absolute atomic E-state index is 10.3. The number of nitrogens with two attached hydrogens (primary N) is 1. The summed E-state index contributed by atoms with van der Waals surface area (Å²) < 4.78 is 5.49. The minimum atomic E-state index is -0.375. The standard InChI is InChI=1S/C17H24N2O2S/c1-4-21-13-7-5-12(6-8-13)14(9-16(20)11(2)3)15-10-22-17(18)19-15/h5-8,10-11,14,16,20H,4,9H2,1-3H3,(H2,18,19). The van der Waals surface area contributed by atoms with Crippen molar-refractivity contribution in [2.75, 3.05) is 12.3 Å². The fourth-order valence-electron chi connectivity index (χ4n) is 2.37. The largest absolute Gasteiger partial charge is 0.494 e. The number of ether oxygens (including phenoxy) is 1. The Morgan fingerprint density at radius 3 is 2.45 bits per heavy atom. The molecule has 4 nitrogen and oxygen atoms in total. The van der Waals surface area contributed by atoms with Crippen LogP contribution in [0.1, 0.15) is 44.4 Å². The number of anilines is 1. The van der Waals surface area contributed by atoms with Crippen LogP contribution in [-0.2, 0) is 0 Å². The number of benzene rings is 1. The molecular formula is C17H24N2O2S. The fourth-order valence-corrected chi connectivity index (χ4v) is 2.98. The van der Waals surface area contributed by atoms with E-state index in [1.54, 1.807) is 0 Å². The van der Waals surface area contributed by atoms with Gasteiger partial charge in [-0.25, -0.2) is 4.98 Å². The Labute approximate surface area is 136 Å². The molecule has 0 fully saturated rings. The van der Waals surface area contributed by atoms with Crippen molar-refractivity contribution >= 4 is 16.5 Å². The second kappa shape index (κ2) is 7.61. The monoisotopic (exact) mass is 320 g/mol. The summed E-state index contributed by atoms with van der Waals surface area (Å²) in [6, 6.07) is 8.00. The lowest BCUT2D eigenvalue weighted by atomic mass is 9.87. The van der Waals surface area contributed by atoms with E-state index in [1.807, 2.05) is 50.4 Å². The summed E-state index contributed by atoms with van der Waals surface area (Å²) in [5, 5.41) is 12.8. The number of aliphatic hydroxyl groups is 1. The number of rotatable bonds is 7. The topological polar surface area (TPSA) is 68.4 Å². The molecule has 120 valence electrons. The van der Waals surface area contributed by atoms with Crippen LogP contribution in [0.5, 0.6) is 5.75 Å². The van der Waals surface area contributed by atoms with Gasteiger partial charge in [-0.2, -0.15) is 0 Å². The maximum atomic E-state index is 10.3. The van der Waals surface area contributed by atoms with E-state index in [2.05, 4.69) is 4.98 Å². The average Bonchev–Trinajstić information content (AvgIpc) is 2.92. The molecule has 22 heavy (non-hydrogen) atoms. The number of hydrogen-bond donors (Lipinski definition) is 2. The molecule has 0 aliphatic carbocycles. The van der Waals surface area contributed by atoms with Gasteiger partial charge in [0.2, 0.25) is 0 Å². The van der Waals surface area contributed by atoms with E-state index >= 15 is 0 Å². The van der Waals surface area contributed by atoms with Gasteiger partial charge in [-0.1, -0.05) is 26.0 Å². The number of aromatic nitrogens is 1. The van der Waals surface area contributed by atoms with Gasteiger partial charge in [-0.15, -0.1) is 11.3 Å². The summed E-state index contributed by atoms with van der Waals surface area (Å²) in [5.74, 6) is 1.11. The Morgan fingerprint density at radius 2 is 1.95 bits per heavy atom. The van der Waals surface area contributed by atoms with Crippen molar-refractivity contribution in [3.63, 3.8) is 0 Å². The molecule has 0 saturated carbocycles. The van der Waals surface area contributed by atoms with Crippen LogP contribution in [0.2, 0.25) is 0 Å². The Balaban J connectivity index is 2.27. The predicted molar refractivity (Wildman–Crippen MR) is 91.4 cm³/mol. The lowest BCUT2D eigenvalue weighted by molar-refractivity contribution is 0.111. The van der Waals surface area contributed by atoms with Crippen LogP contribution in [0.4, 0.5) is 5.13 Å². The van der Waals surface area contributed by atoms with Crippen molar-refractivity contribution < 1.29 is 9.84 Å². The van der Waals surface area contributed by atoms with E-state index in [4.69, 9.17) is 10.5 Å². The van der Waals surface area contributed by atoms with Crippen LogP contribution < -0.4 is 10.5 Å². The van der Waals surface area contributed by atoms with E-state index in [9.17, 15) is 5.11 Å². The fraction of sp³-hybridized carbons (Fsp3) is 0.471. The Hall–Kier alpha value is -1.59. The van der Waals surface area contributed by atoms with Crippen LogP contribution in [-0.4, -0.2) is 22.8 Å². The Kier molecular flexibility index (Phi) is 5.80. The Morgan fingerprint density at radius 1 is 1.27 bits per heavy atom. The highest BCUT2D eigenvalue weighted by Gasteiger charge is 2.22. The molecule has 0 radical (unpaired) electrons. The highest BCUT2D eigenvalue weighted by atomic mass is 32.1. The van der Waals surface area contributed by atoms with Gasteiger partial charge in [0, 0.05) is 11.3 Å². The number of hydrogen-bond acceptors (Lipinski definition) is 5. The minimum absolute atomic E-state index is 0.0432. The van der Waals surface area contributed by atoms with Gasteiger partial charge in [0.05, 0.1) is 18.4 Å². The first-order chi connectivity index (χ1) is 10.5. The molecule has 2 rings (SSSR count). The molecule has 1 heterocycles. The number of nitrogen functional groups attached to an aromatic ring is 1. The molecule has 0 aliphatic heterocycles. The van der Waals surface area contributed by atoms with Gasteiger partial charge >= 0.3 is 0 Å². The van der Waals surface area contributed by atoms with Gasteiger partial charge in [0.25, 0.3) is 0 Å².